The Morgan fingerprint density at radius 2 is 2.26 bits per heavy atom. The average Bonchev–Trinajstić information content (AvgIpc) is 2.77. The number of hydrogen-bond acceptors (Lipinski definition) is 2. The molecule has 1 aromatic carbocycles. The summed E-state index contributed by atoms with van der Waals surface area (Å²) < 4.78 is 16.6. The smallest absolute Gasteiger partial charge is 0.129 e. The second-order valence-electron chi connectivity index (χ2n) is 4.51. The zero-order chi connectivity index (χ0) is 13.8. The molecule has 0 aliphatic rings. The lowest BCUT2D eigenvalue weighted by Gasteiger charge is -2.14. The second-order valence-corrected chi connectivity index (χ2v) is 5.43. The molecule has 0 bridgehead atoms. The lowest BCUT2D eigenvalue weighted by molar-refractivity contribution is 0.557. The Kier molecular flexibility index (Phi) is 4.71. The summed E-state index contributed by atoms with van der Waals surface area (Å²) in [4.78, 5) is 4.30. The van der Waals surface area contributed by atoms with Crippen molar-refractivity contribution in [2.75, 3.05) is 0 Å². The van der Waals surface area contributed by atoms with Gasteiger partial charge >= 0.3 is 0 Å². The summed E-state index contributed by atoms with van der Waals surface area (Å²) in [5, 5.41) is 0. The molecule has 0 spiro atoms. The Bertz CT molecular complexity index is 553. The van der Waals surface area contributed by atoms with Crippen molar-refractivity contribution < 1.29 is 4.39 Å². The summed E-state index contributed by atoms with van der Waals surface area (Å²) >= 11 is 3.24. The number of hydrogen-bond donors (Lipinski definition) is 1. The van der Waals surface area contributed by atoms with Gasteiger partial charge in [0.2, 0.25) is 0 Å². The number of halogens is 2. The van der Waals surface area contributed by atoms with Gasteiger partial charge < -0.3 is 10.3 Å². The Labute approximate surface area is 120 Å². The molecular weight excluding hydrogens is 309 g/mol. The van der Waals surface area contributed by atoms with Crippen LogP contribution in [-0.2, 0) is 13.0 Å². The first-order valence-corrected chi connectivity index (χ1v) is 7.11. The van der Waals surface area contributed by atoms with Crippen molar-refractivity contribution in [2.45, 2.75) is 32.4 Å². The van der Waals surface area contributed by atoms with E-state index in [1.165, 1.54) is 6.07 Å². The number of nitrogens with two attached hydrogens (primary N) is 1. The van der Waals surface area contributed by atoms with Crippen LogP contribution in [0.3, 0.4) is 0 Å². The monoisotopic (exact) mass is 325 g/mol. The molecule has 0 saturated carbocycles. The number of nitrogens with zero attached hydrogens (tertiary/aromatic N) is 2. The molecule has 3 nitrogen and oxygen atoms in total. The molecular formula is C14H17BrFN3. The van der Waals surface area contributed by atoms with E-state index in [-0.39, 0.29) is 11.9 Å². The van der Waals surface area contributed by atoms with Crippen LogP contribution in [0.25, 0.3) is 0 Å². The molecule has 19 heavy (non-hydrogen) atoms. The van der Waals surface area contributed by atoms with Gasteiger partial charge in [-0.25, -0.2) is 9.37 Å². The van der Waals surface area contributed by atoms with E-state index in [0.29, 0.717) is 16.5 Å². The minimum atomic E-state index is -0.383. The molecule has 1 atom stereocenters. The molecule has 102 valence electrons. The van der Waals surface area contributed by atoms with E-state index in [1.807, 2.05) is 6.20 Å². The minimum absolute atomic E-state index is 0.282. The summed E-state index contributed by atoms with van der Waals surface area (Å²) in [6, 6.07) is 4.58. The summed E-state index contributed by atoms with van der Waals surface area (Å²) in [5.74, 6) is 0.618. The first-order valence-electron chi connectivity index (χ1n) is 6.32. The minimum Gasteiger partial charge on any atom is -0.335 e. The quantitative estimate of drug-likeness (QED) is 0.915. The Morgan fingerprint density at radius 3 is 2.95 bits per heavy atom. The van der Waals surface area contributed by atoms with Crippen molar-refractivity contribution >= 4 is 15.9 Å². The van der Waals surface area contributed by atoms with Crippen molar-refractivity contribution in [3.63, 3.8) is 0 Å². The summed E-state index contributed by atoms with van der Waals surface area (Å²) in [7, 11) is 0. The van der Waals surface area contributed by atoms with Crippen LogP contribution in [0, 0.1) is 5.82 Å². The van der Waals surface area contributed by atoms with Crippen LogP contribution >= 0.6 is 15.9 Å². The summed E-state index contributed by atoms with van der Waals surface area (Å²) in [6.45, 7) is 3.02. The van der Waals surface area contributed by atoms with Gasteiger partial charge in [0.05, 0.1) is 0 Å². The fraction of sp³-hybridized carbons (Fsp3) is 0.357. The highest BCUT2D eigenvalue weighted by Gasteiger charge is 2.15. The van der Waals surface area contributed by atoms with Crippen molar-refractivity contribution in [3.8, 4) is 0 Å². The molecule has 1 unspecified atom stereocenters. The number of aromatic nitrogens is 2. The van der Waals surface area contributed by atoms with Gasteiger partial charge in [-0.15, -0.1) is 0 Å². The normalized spacial score (nSPS) is 12.6. The molecule has 0 saturated heterocycles. The van der Waals surface area contributed by atoms with E-state index in [9.17, 15) is 4.39 Å². The first kappa shape index (κ1) is 14.2. The molecule has 0 fully saturated rings. The fourth-order valence-corrected chi connectivity index (χ4v) is 2.42. The third kappa shape index (κ3) is 3.42. The van der Waals surface area contributed by atoms with Crippen LogP contribution in [0.1, 0.15) is 30.8 Å². The van der Waals surface area contributed by atoms with Crippen molar-refractivity contribution in [1.29, 1.82) is 0 Å². The average molecular weight is 326 g/mol. The lowest BCUT2D eigenvalue weighted by Crippen LogP contribution is -2.17. The molecule has 0 radical (unpaired) electrons. The first-order chi connectivity index (χ1) is 9.11. The van der Waals surface area contributed by atoms with Gasteiger partial charge in [0.25, 0.3) is 0 Å². The van der Waals surface area contributed by atoms with Crippen molar-refractivity contribution in [2.24, 2.45) is 5.73 Å². The van der Waals surface area contributed by atoms with E-state index in [4.69, 9.17) is 5.73 Å². The van der Waals surface area contributed by atoms with E-state index in [1.54, 1.807) is 18.3 Å². The van der Waals surface area contributed by atoms with E-state index >= 15 is 0 Å². The van der Waals surface area contributed by atoms with Crippen LogP contribution in [0.2, 0.25) is 0 Å². The molecule has 0 amide bonds. The van der Waals surface area contributed by atoms with E-state index in [0.717, 1.165) is 18.8 Å². The van der Waals surface area contributed by atoms with Crippen LogP contribution in [0.5, 0.6) is 0 Å². The molecule has 2 N–H and O–H groups in total. The van der Waals surface area contributed by atoms with Gasteiger partial charge in [0.15, 0.2) is 0 Å². The third-order valence-corrected chi connectivity index (χ3v) is 3.52. The van der Waals surface area contributed by atoms with Crippen LogP contribution in [0.15, 0.2) is 35.1 Å². The van der Waals surface area contributed by atoms with Gasteiger partial charge in [-0.1, -0.05) is 28.9 Å². The number of imidazole rings is 1. The van der Waals surface area contributed by atoms with Gasteiger partial charge in [-0.05, 0) is 18.6 Å². The zero-order valence-electron chi connectivity index (χ0n) is 10.8. The van der Waals surface area contributed by atoms with E-state index in [2.05, 4.69) is 32.4 Å². The topological polar surface area (TPSA) is 43.8 Å². The SMILES string of the molecule is CCCn1ccnc1CC(N)c1ccc(Br)cc1F. The predicted octanol–water partition coefficient (Wildman–Crippen LogP) is 3.44. The predicted molar refractivity (Wildman–Crippen MR) is 77.3 cm³/mol. The maximum atomic E-state index is 13.8. The number of benzene rings is 1. The fourth-order valence-electron chi connectivity index (χ4n) is 2.08. The third-order valence-electron chi connectivity index (χ3n) is 3.03. The maximum absolute atomic E-state index is 13.8. The van der Waals surface area contributed by atoms with Crippen molar-refractivity contribution in [1.82, 2.24) is 9.55 Å². The Balaban J connectivity index is 2.16. The molecule has 1 aromatic heterocycles. The molecule has 0 aliphatic heterocycles. The highest BCUT2D eigenvalue weighted by Crippen LogP contribution is 2.22. The Morgan fingerprint density at radius 1 is 1.47 bits per heavy atom. The largest absolute Gasteiger partial charge is 0.335 e. The number of rotatable bonds is 5. The van der Waals surface area contributed by atoms with Gasteiger partial charge in [-0.2, -0.15) is 0 Å². The maximum Gasteiger partial charge on any atom is 0.129 e. The highest BCUT2D eigenvalue weighted by molar-refractivity contribution is 9.10. The van der Waals surface area contributed by atoms with Crippen LogP contribution in [-0.4, -0.2) is 9.55 Å². The summed E-state index contributed by atoms with van der Waals surface area (Å²) in [6.07, 6.45) is 5.26. The standard InChI is InChI=1S/C14H17BrFN3/c1-2-6-19-7-5-18-14(19)9-13(17)11-4-3-10(15)8-12(11)16/h3-5,7-8,13H,2,6,9,17H2,1H3. The van der Waals surface area contributed by atoms with Crippen molar-refractivity contribution in [3.05, 3.63) is 52.3 Å². The lowest BCUT2D eigenvalue weighted by atomic mass is 10.0. The zero-order valence-corrected chi connectivity index (χ0v) is 12.4. The molecule has 2 rings (SSSR count). The van der Waals surface area contributed by atoms with Gasteiger partial charge in [0, 0.05) is 41.4 Å². The molecule has 2 aromatic rings. The van der Waals surface area contributed by atoms with E-state index < -0.39 is 0 Å². The second kappa shape index (κ2) is 6.30. The summed E-state index contributed by atoms with van der Waals surface area (Å²) in [5.41, 5.74) is 6.62. The molecule has 1 heterocycles. The van der Waals surface area contributed by atoms with Crippen LogP contribution in [0.4, 0.5) is 4.39 Å². The molecule has 5 heteroatoms. The van der Waals surface area contributed by atoms with Crippen LogP contribution < -0.4 is 5.73 Å². The van der Waals surface area contributed by atoms with Gasteiger partial charge in [-0.3, -0.25) is 0 Å². The highest BCUT2D eigenvalue weighted by atomic mass is 79.9. The number of aryl methyl sites for hydroxylation is 1. The van der Waals surface area contributed by atoms with Gasteiger partial charge in [0.1, 0.15) is 11.6 Å². The molecule has 0 aliphatic carbocycles. The Hall–Kier alpha value is -1.20.